The topological polar surface area (TPSA) is 58.2 Å². The molecule has 104 valence electrons. The van der Waals surface area contributed by atoms with Crippen LogP contribution in [0, 0.1) is 5.92 Å². The van der Waals surface area contributed by atoms with Crippen LogP contribution in [0.3, 0.4) is 0 Å². The van der Waals surface area contributed by atoms with Crippen molar-refractivity contribution in [1.29, 1.82) is 0 Å². The summed E-state index contributed by atoms with van der Waals surface area (Å²) in [6, 6.07) is 4.06. The van der Waals surface area contributed by atoms with Gasteiger partial charge in [-0.15, -0.1) is 11.3 Å². The van der Waals surface area contributed by atoms with Gasteiger partial charge in [-0.3, -0.25) is 9.59 Å². The second kappa shape index (κ2) is 7.28. The predicted octanol–water partition coefficient (Wildman–Crippen LogP) is 1.71. The molecule has 1 aromatic heterocycles. The summed E-state index contributed by atoms with van der Waals surface area (Å²) in [4.78, 5) is 24.5. The standard InChI is InChI=1S/C14H20N2O2S/c17-13(15-8-7-12-6-3-9-19-12)10-16-14(18)11-4-1-2-5-11/h3,6,9,11H,1-2,4-5,7-8,10H2,(H,15,17)(H,16,18). The van der Waals surface area contributed by atoms with E-state index in [2.05, 4.69) is 16.7 Å². The van der Waals surface area contributed by atoms with Gasteiger partial charge in [0.2, 0.25) is 11.8 Å². The monoisotopic (exact) mass is 280 g/mol. The van der Waals surface area contributed by atoms with Crippen molar-refractivity contribution in [1.82, 2.24) is 10.6 Å². The first-order valence-corrected chi connectivity index (χ1v) is 7.70. The van der Waals surface area contributed by atoms with Crippen molar-refractivity contribution in [3.63, 3.8) is 0 Å². The van der Waals surface area contributed by atoms with Crippen molar-refractivity contribution in [2.75, 3.05) is 13.1 Å². The molecule has 2 amide bonds. The summed E-state index contributed by atoms with van der Waals surface area (Å²) in [5, 5.41) is 7.57. The summed E-state index contributed by atoms with van der Waals surface area (Å²) < 4.78 is 0. The zero-order chi connectivity index (χ0) is 13.5. The maximum absolute atomic E-state index is 11.7. The minimum absolute atomic E-state index is 0.0332. The first-order valence-electron chi connectivity index (χ1n) is 6.82. The molecule has 0 saturated heterocycles. The molecule has 0 unspecified atom stereocenters. The molecular weight excluding hydrogens is 260 g/mol. The van der Waals surface area contributed by atoms with Gasteiger partial charge >= 0.3 is 0 Å². The molecule has 1 aliphatic rings. The Balaban J connectivity index is 1.57. The summed E-state index contributed by atoms with van der Waals surface area (Å²) in [5.74, 6) is 0.0488. The van der Waals surface area contributed by atoms with Crippen molar-refractivity contribution in [3.8, 4) is 0 Å². The summed E-state index contributed by atoms with van der Waals surface area (Å²) in [6.07, 6.45) is 5.04. The first-order chi connectivity index (χ1) is 9.25. The number of thiophene rings is 1. The van der Waals surface area contributed by atoms with Crippen LogP contribution in [0.15, 0.2) is 17.5 Å². The minimum Gasteiger partial charge on any atom is -0.354 e. The number of nitrogens with one attached hydrogen (secondary N) is 2. The van der Waals surface area contributed by atoms with Crippen molar-refractivity contribution in [3.05, 3.63) is 22.4 Å². The Bertz CT molecular complexity index is 411. The highest BCUT2D eigenvalue weighted by Crippen LogP contribution is 2.24. The average Bonchev–Trinajstić information content (AvgIpc) is 3.08. The van der Waals surface area contributed by atoms with Crippen molar-refractivity contribution in [2.24, 2.45) is 5.92 Å². The highest BCUT2D eigenvalue weighted by Gasteiger charge is 2.22. The zero-order valence-corrected chi connectivity index (χ0v) is 11.8. The molecule has 0 bridgehead atoms. The number of amides is 2. The fourth-order valence-corrected chi connectivity index (χ4v) is 3.05. The quantitative estimate of drug-likeness (QED) is 0.833. The van der Waals surface area contributed by atoms with Crippen molar-refractivity contribution in [2.45, 2.75) is 32.1 Å². The van der Waals surface area contributed by atoms with Crippen LogP contribution >= 0.6 is 11.3 Å². The third-order valence-electron chi connectivity index (χ3n) is 3.42. The predicted molar refractivity (Wildman–Crippen MR) is 76.0 cm³/mol. The molecule has 0 aliphatic heterocycles. The van der Waals surface area contributed by atoms with Gasteiger partial charge in [-0.05, 0) is 30.7 Å². The molecule has 1 heterocycles. The maximum Gasteiger partial charge on any atom is 0.239 e. The largest absolute Gasteiger partial charge is 0.354 e. The Kier molecular flexibility index (Phi) is 5.39. The Labute approximate surface area is 117 Å². The molecule has 5 heteroatoms. The summed E-state index contributed by atoms with van der Waals surface area (Å²) in [7, 11) is 0. The highest BCUT2D eigenvalue weighted by atomic mass is 32.1. The van der Waals surface area contributed by atoms with E-state index >= 15 is 0 Å². The number of rotatable bonds is 6. The van der Waals surface area contributed by atoms with E-state index < -0.39 is 0 Å². The normalized spacial score (nSPS) is 15.4. The van der Waals surface area contributed by atoms with Crippen LogP contribution in [0.4, 0.5) is 0 Å². The Morgan fingerprint density at radius 3 is 2.74 bits per heavy atom. The van der Waals surface area contributed by atoms with Gasteiger partial charge in [-0.25, -0.2) is 0 Å². The third-order valence-corrected chi connectivity index (χ3v) is 4.36. The molecule has 2 rings (SSSR count). The highest BCUT2D eigenvalue weighted by molar-refractivity contribution is 7.09. The van der Waals surface area contributed by atoms with Gasteiger partial charge in [-0.1, -0.05) is 18.9 Å². The van der Waals surface area contributed by atoms with E-state index in [1.165, 1.54) is 4.88 Å². The van der Waals surface area contributed by atoms with Gasteiger partial charge in [0.15, 0.2) is 0 Å². The lowest BCUT2D eigenvalue weighted by molar-refractivity contribution is -0.128. The van der Waals surface area contributed by atoms with Crippen molar-refractivity contribution >= 4 is 23.2 Å². The van der Waals surface area contributed by atoms with Gasteiger partial charge < -0.3 is 10.6 Å². The lowest BCUT2D eigenvalue weighted by Crippen LogP contribution is -2.39. The van der Waals surface area contributed by atoms with E-state index in [9.17, 15) is 9.59 Å². The Hall–Kier alpha value is -1.36. The van der Waals surface area contributed by atoms with Crippen LogP contribution in [-0.4, -0.2) is 24.9 Å². The molecule has 1 saturated carbocycles. The van der Waals surface area contributed by atoms with Gasteiger partial charge in [0, 0.05) is 17.3 Å². The molecule has 19 heavy (non-hydrogen) atoms. The van der Waals surface area contributed by atoms with Gasteiger partial charge in [-0.2, -0.15) is 0 Å². The molecule has 0 spiro atoms. The summed E-state index contributed by atoms with van der Waals surface area (Å²) >= 11 is 1.69. The summed E-state index contributed by atoms with van der Waals surface area (Å²) in [6.45, 7) is 0.721. The van der Waals surface area contributed by atoms with Crippen LogP contribution in [0.5, 0.6) is 0 Å². The lowest BCUT2D eigenvalue weighted by atomic mass is 10.1. The fraction of sp³-hybridized carbons (Fsp3) is 0.571. The number of hydrogen-bond donors (Lipinski definition) is 2. The second-order valence-electron chi connectivity index (χ2n) is 4.88. The molecule has 0 aromatic carbocycles. The first kappa shape index (κ1) is 14.1. The minimum atomic E-state index is -0.108. The van der Waals surface area contributed by atoms with E-state index in [0.29, 0.717) is 6.54 Å². The van der Waals surface area contributed by atoms with Crippen LogP contribution in [0.2, 0.25) is 0 Å². The summed E-state index contributed by atoms with van der Waals surface area (Å²) in [5.41, 5.74) is 0. The van der Waals surface area contributed by atoms with Crippen LogP contribution in [-0.2, 0) is 16.0 Å². The molecule has 1 aromatic rings. The fourth-order valence-electron chi connectivity index (χ4n) is 2.34. The van der Waals surface area contributed by atoms with Crippen molar-refractivity contribution < 1.29 is 9.59 Å². The molecule has 1 fully saturated rings. The third kappa shape index (κ3) is 4.67. The number of carbonyl (C=O) groups excluding carboxylic acids is 2. The molecular formula is C14H20N2O2S. The van der Waals surface area contributed by atoms with Crippen LogP contribution < -0.4 is 10.6 Å². The van der Waals surface area contributed by atoms with Gasteiger partial charge in [0.1, 0.15) is 0 Å². The molecule has 1 aliphatic carbocycles. The molecule has 0 radical (unpaired) electrons. The average molecular weight is 280 g/mol. The number of carbonyl (C=O) groups is 2. The molecule has 4 nitrogen and oxygen atoms in total. The van der Waals surface area contributed by atoms with E-state index in [4.69, 9.17) is 0 Å². The second-order valence-corrected chi connectivity index (χ2v) is 5.91. The van der Waals surface area contributed by atoms with E-state index in [1.807, 2.05) is 11.4 Å². The van der Waals surface area contributed by atoms with E-state index in [0.717, 1.165) is 32.1 Å². The van der Waals surface area contributed by atoms with E-state index in [1.54, 1.807) is 11.3 Å². The lowest BCUT2D eigenvalue weighted by Gasteiger charge is -2.10. The van der Waals surface area contributed by atoms with Crippen LogP contribution in [0.1, 0.15) is 30.6 Å². The molecule has 2 N–H and O–H groups in total. The van der Waals surface area contributed by atoms with E-state index in [-0.39, 0.29) is 24.3 Å². The number of hydrogen-bond acceptors (Lipinski definition) is 3. The Morgan fingerprint density at radius 2 is 2.05 bits per heavy atom. The SMILES string of the molecule is O=C(CNC(=O)C1CCCC1)NCCc1cccs1. The maximum atomic E-state index is 11.7. The van der Waals surface area contributed by atoms with Gasteiger partial charge in [0.25, 0.3) is 0 Å². The zero-order valence-electron chi connectivity index (χ0n) is 11.0. The van der Waals surface area contributed by atoms with Gasteiger partial charge in [0.05, 0.1) is 6.54 Å². The van der Waals surface area contributed by atoms with Crippen LogP contribution in [0.25, 0.3) is 0 Å². The smallest absolute Gasteiger partial charge is 0.239 e. The Morgan fingerprint density at radius 1 is 1.26 bits per heavy atom. The molecule has 0 atom stereocenters.